The lowest BCUT2D eigenvalue weighted by Gasteiger charge is -2.15. The number of aromatic amines is 2. The molecule has 0 amide bonds. The first-order valence-electron chi connectivity index (χ1n) is 17.5. The number of para-hydroxylation sites is 2. The Kier molecular flexibility index (Phi) is 9.35. The van der Waals surface area contributed by atoms with Crippen LogP contribution in [0.1, 0.15) is 28.3 Å². The number of H-pyrrole nitrogens is 2. The van der Waals surface area contributed by atoms with Gasteiger partial charge in [-0.25, -0.2) is 19.9 Å². The highest BCUT2D eigenvalue weighted by Crippen LogP contribution is 2.25. The molecule has 0 spiro atoms. The van der Waals surface area contributed by atoms with E-state index in [-0.39, 0.29) is 17.8 Å². The Balaban J connectivity index is 0.000000160. The van der Waals surface area contributed by atoms with Gasteiger partial charge in [0.05, 0.1) is 46.6 Å². The van der Waals surface area contributed by atoms with Crippen LogP contribution in [0.15, 0.2) is 125 Å². The van der Waals surface area contributed by atoms with Crippen LogP contribution < -0.4 is 26.6 Å². The number of pyridine rings is 2. The normalized spacial score (nSPS) is 11.2. The summed E-state index contributed by atoms with van der Waals surface area (Å²) in [6, 6.07) is 32.9. The van der Waals surface area contributed by atoms with Crippen molar-refractivity contribution in [2.45, 2.75) is 33.5 Å². The second-order valence-electron chi connectivity index (χ2n) is 12.9. The van der Waals surface area contributed by atoms with Crippen LogP contribution in [-0.4, -0.2) is 44.6 Å². The highest BCUT2D eigenvalue weighted by Gasteiger charge is 2.15. The van der Waals surface area contributed by atoms with Gasteiger partial charge < -0.3 is 30.6 Å². The molecule has 0 atom stereocenters. The fourth-order valence-corrected chi connectivity index (χ4v) is 6.54. The third kappa shape index (κ3) is 7.15. The average molecular weight is 733 g/mol. The van der Waals surface area contributed by atoms with Crippen molar-refractivity contribution in [2.75, 3.05) is 10.6 Å². The van der Waals surface area contributed by atoms with Crippen molar-refractivity contribution in [2.24, 2.45) is 0 Å². The van der Waals surface area contributed by atoms with Crippen molar-refractivity contribution in [1.29, 1.82) is 0 Å². The van der Waals surface area contributed by atoms with Crippen LogP contribution >= 0.6 is 0 Å². The molecule has 0 unspecified atom stereocenters. The molecule has 9 rings (SSSR count). The molecule has 0 aliphatic carbocycles. The van der Waals surface area contributed by atoms with E-state index in [0.717, 1.165) is 49.8 Å². The molecule has 0 saturated carbocycles. The Morgan fingerprint density at radius 3 is 1.73 bits per heavy atom. The molecule has 0 aliphatic rings. The highest BCUT2D eigenvalue weighted by atomic mass is 16.7. The number of nitrogens with zero attached hydrogens (tertiary/aromatic N) is 6. The molecule has 5 N–H and O–H groups in total. The summed E-state index contributed by atoms with van der Waals surface area (Å²) in [4.78, 5) is 54.1. The first-order valence-corrected chi connectivity index (χ1v) is 17.5. The van der Waals surface area contributed by atoms with Crippen molar-refractivity contribution >= 4 is 55.2 Å². The van der Waals surface area contributed by atoms with Crippen molar-refractivity contribution < 1.29 is 10.0 Å². The topological polar surface area (TPSA) is 181 Å². The molecule has 0 aliphatic heterocycles. The Hall–Kier alpha value is -7.48. The van der Waals surface area contributed by atoms with Gasteiger partial charge >= 0.3 is 0 Å². The number of hydrogen-bond acceptors (Lipinski definition) is 10. The van der Waals surface area contributed by atoms with Gasteiger partial charge in [-0.3, -0.25) is 9.59 Å². The standard InChI is InChI=1S/C24H21N5O2.C17H15N5O2/c1-16-23-21(25-13-19-11-18-9-5-6-10-20(18)28-19)12-22(30)29(24(23)27-15-26-16)31-14-17-7-3-2-4-8-17;1-10-16-14(7-15(23)22(24)17(16)20-9-19-10)18-8-12-6-11-4-2-3-5-13(11)21-12/h2-12,15,25,28H,13-14H2,1H3;2-7,9,18,21,24H,8H2,1H3. The fraction of sp³-hybridized carbons (Fsp3) is 0.122. The van der Waals surface area contributed by atoms with Gasteiger partial charge in [-0.15, -0.1) is 9.46 Å². The van der Waals surface area contributed by atoms with E-state index in [2.05, 4.69) is 58.7 Å². The number of aryl methyl sites for hydroxylation is 2. The molecule has 0 bridgehead atoms. The van der Waals surface area contributed by atoms with Crippen molar-refractivity contribution in [3.8, 4) is 0 Å². The Morgan fingerprint density at radius 1 is 0.636 bits per heavy atom. The maximum absolute atomic E-state index is 12.9. The maximum atomic E-state index is 12.9. The molecule has 14 nitrogen and oxygen atoms in total. The summed E-state index contributed by atoms with van der Waals surface area (Å²) in [5.74, 6) is 0. The minimum atomic E-state index is -0.542. The fourth-order valence-electron chi connectivity index (χ4n) is 6.54. The van der Waals surface area contributed by atoms with Crippen LogP contribution in [0.2, 0.25) is 0 Å². The molecule has 55 heavy (non-hydrogen) atoms. The van der Waals surface area contributed by atoms with Gasteiger partial charge in [0.2, 0.25) is 0 Å². The van der Waals surface area contributed by atoms with Crippen molar-refractivity contribution in [1.82, 2.24) is 39.4 Å². The van der Waals surface area contributed by atoms with E-state index in [0.29, 0.717) is 45.9 Å². The average Bonchev–Trinajstić information content (AvgIpc) is 3.82. The molecular formula is C41H36N10O4. The second-order valence-corrected chi connectivity index (χ2v) is 12.9. The monoisotopic (exact) mass is 732 g/mol. The summed E-state index contributed by atoms with van der Waals surface area (Å²) in [5.41, 5.74) is 7.63. The molecule has 14 heteroatoms. The number of fused-ring (bicyclic) bond motifs is 4. The van der Waals surface area contributed by atoms with Gasteiger partial charge in [0.15, 0.2) is 11.3 Å². The second kappa shape index (κ2) is 14.9. The van der Waals surface area contributed by atoms with E-state index in [9.17, 15) is 14.8 Å². The Labute approximate surface area is 313 Å². The number of aromatic nitrogens is 8. The smallest absolute Gasteiger partial charge is 0.287 e. The predicted molar refractivity (Wildman–Crippen MR) is 212 cm³/mol. The van der Waals surface area contributed by atoms with Crippen LogP contribution in [0.4, 0.5) is 11.4 Å². The van der Waals surface area contributed by atoms with E-state index in [1.165, 1.54) is 29.5 Å². The summed E-state index contributed by atoms with van der Waals surface area (Å²) in [5, 5.41) is 20.1. The van der Waals surface area contributed by atoms with Crippen LogP contribution in [0, 0.1) is 13.8 Å². The van der Waals surface area contributed by atoms with Crippen LogP contribution in [0.5, 0.6) is 0 Å². The third-order valence-corrected chi connectivity index (χ3v) is 9.22. The van der Waals surface area contributed by atoms with Crippen molar-refractivity contribution in [3.05, 3.63) is 165 Å². The molecule has 274 valence electrons. The zero-order valence-electron chi connectivity index (χ0n) is 29.9. The van der Waals surface area contributed by atoms with Crippen LogP contribution in [0.25, 0.3) is 43.9 Å². The molecule has 9 aromatic rings. The zero-order chi connectivity index (χ0) is 37.9. The minimum Gasteiger partial charge on any atom is -0.423 e. The quantitative estimate of drug-likeness (QED) is 0.106. The van der Waals surface area contributed by atoms with Gasteiger partial charge in [-0.05, 0) is 54.4 Å². The molecule has 0 radical (unpaired) electrons. The van der Waals surface area contributed by atoms with Gasteiger partial charge in [0, 0.05) is 34.6 Å². The van der Waals surface area contributed by atoms with E-state index in [1.54, 1.807) is 0 Å². The SMILES string of the molecule is Cc1ncnc2c1c(NCc1cc3ccccc3[nH]1)cc(=O)n2O.Cc1ncnc2c1c(NCc1cc3ccccc3[nH]1)cc(=O)n2OCc1ccccc1. The van der Waals surface area contributed by atoms with Gasteiger partial charge in [-0.2, -0.15) is 0 Å². The first kappa shape index (κ1) is 34.6. The van der Waals surface area contributed by atoms with E-state index in [4.69, 9.17) is 4.84 Å². The van der Waals surface area contributed by atoms with Gasteiger partial charge in [0.25, 0.3) is 11.1 Å². The van der Waals surface area contributed by atoms with E-state index < -0.39 is 5.56 Å². The van der Waals surface area contributed by atoms with Gasteiger partial charge in [0.1, 0.15) is 19.3 Å². The van der Waals surface area contributed by atoms with Gasteiger partial charge in [-0.1, -0.05) is 66.7 Å². The summed E-state index contributed by atoms with van der Waals surface area (Å²) in [7, 11) is 0. The lowest BCUT2D eigenvalue weighted by atomic mass is 10.2. The lowest BCUT2D eigenvalue weighted by Crippen LogP contribution is -2.28. The highest BCUT2D eigenvalue weighted by molar-refractivity contribution is 5.91. The largest absolute Gasteiger partial charge is 0.423 e. The lowest BCUT2D eigenvalue weighted by molar-refractivity contribution is 0.0979. The Bertz CT molecular complexity index is 2870. The number of rotatable bonds is 9. The summed E-state index contributed by atoms with van der Waals surface area (Å²) < 4.78 is 1.78. The maximum Gasteiger partial charge on any atom is 0.287 e. The third-order valence-electron chi connectivity index (χ3n) is 9.22. The predicted octanol–water partition coefficient (Wildman–Crippen LogP) is 6.25. The Morgan fingerprint density at radius 2 is 1.15 bits per heavy atom. The molecule has 6 heterocycles. The minimum absolute atomic E-state index is 0.189. The molecule has 0 saturated heterocycles. The van der Waals surface area contributed by atoms with Crippen LogP contribution in [0.3, 0.4) is 0 Å². The molecule has 3 aromatic carbocycles. The molecule has 6 aromatic heterocycles. The summed E-state index contributed by atoms with van der Waals surface area (Å²) >= 11 is 0. The van der Waals surface area contributed by atoms with E-state index >= 15 is 0 Å². The van der Waals surface area contributed by atoms with E-state index in [1.807, 2.05) is 86.6 Å². The number of hydrogen-bond donors (Lipinski definition) is 5. The molecular weight excluding hydrogens is 697 g/mol. The zero-order valence-corrected chi connectivity index (χ0v) is 29.9. The first-order chi connectivity index (χ1) is 26.8. The number of benzene rings is 3. The number of anilines is 2. The summed E-state index contributed by atoms with van der Waals surface area (Å²) in [6.07, 6.45) is 2.77. The summed E-state index contributed by atoms with van der Waals surface area (Å²) in [6.45, 7) is 5.01. The van der Waals surface area contributed by atoms with Crippen LogP contribution in [-0.2, 0) is 19.7 Å². The molecule has 0 fully saturated rings. The van der Waals surface area contributed by atoms with Crippen molar-refractivity contribution in [3.63, 3.8) is 0 Å². The number of nitrogens with one attached hydrogen (secondary N) is 4.